The summed E-state index contributed by atoms with van der Waals surface area (Å²) in [6, 6.07) is 24.8. The number of fused-ring (bicyclic) bond motifs is 3. The molecule has 29 heavy (non-hydrogen) atoms. The second kappa shape index (κ2) is 7.28. The highest BCUT2D eigenvalue weighted by atomic mass is 16.2. The van der Waals surface area contributed by atoms with Crippen molar-refractivity contribution in [1.29, 1.82) is 0 Å². The van der Waals surface area contributed by atoms with Gasteiger partial charge in [-0.2, -0.15) is 0 Å². The van der Waals surface area contributed by atoms with Crippen molar-refractivity contribution in [2.45, 2.75) is 38.4 Å². The van der Waals surface area contributed by atoms with Crippen LogP contribution in [0.3, 0.4) is 0 Å². The quantitative estimate of drug-likeness (QED) is 0.478. The first kappa shape index (κ1) is 17.8. The number of rotatable bonds is 6. The lowest BCUT2D eigenvalue weighted by molar-refractivity contribution is -0.122. The van der Waals surface area contributed by atoms with E-state index in [-0.39, 0.29) is 5.91 Å². The summed E-state index contributed by atoms with van der Waals surface area (Å²) < 4.78 is 2.34. The lowest BCUT2D eigenvalue weighted by Crippen LogP contribution is -2.34. The Morgan fingerprint density at radius 3 is 2.45 bits per heavy atom. The topological polar surface area (TPSA) is 46.1 Å². The molecule has 2 N–H and O–H groups in total. The number of carbonyl (C=O) groups excluding carboxylic acids is 1. The minimum absolute atomic E-state index is 0.0368. The summed E-state index contributed by atoms with van der Waals surface area (Å²) in [5.41, 5.74) is 4.39. The maximum Gasteiger partial charge on any atom is 0.247 e. The Balaban J connectivity index is 1.54. The maximum atomic E-state index is 12.9. The molecule has 4 heteroatoms. The van der Waals surface area contributed by atoms with Crippen molar-refractivity contribution in [3.05, 3.63) is 78.4 Å². The largest absolute Gasteiger partial charge is 0.370 e. The normalized spacial score (nSPS) is 14.8. The van der Waals surface area contributed by atoms with Crippen LogP contribution in [0.1, 0.15) is 31.4 Å². The van der Waals surface area contributed by atoms with Crippen molar-refractivity contribution in [3.8, 4) is 0 Å². The minimum Gasteiger partial charge on any atom is -0.370 e. The van der Waals surface area contributed by atoms with Gasteiger partial charge in [0.1, 0.15) is 6.04 Å². The number of benzene rings is 3. The molecule has 1 heterocycles. The first-order chi connectivity index (χ1) is 14.2. The van der Waals surface area contributed by atoms with E-state index in [1.54, 1.807) is 0 Å². The highest BCUT2D eigenvalue weighted by Crippen LogP contribution is 2.32. The van der Waals surface area contributed by atoms with Crippen LogP contribution in [0.4, 0.5) is 5.69 Å². The fourth-order valence-electron chi connectivity index (χ4n) is 4.11. The number of nitrogens with one attached hydrogen (secondary N) is 2. The molecule has 146 valence electrons. The van der Waals surface area contributed by atoms with Crippen molar-refractivity contribution >= 4 is 33.4 Å². The number of hydrogen-bond acceptors (Lipinski definition) is 2. The van der Waals surface area contributed by atoms with E-state index in [0.29, 0.717) is 6.04 Å². The lowest BCUT2D eigenvalue weighted by atomic mass is 10.0. The summed E-state index contributed by atoms with van der Waals surface area (Å²) in [5.74, 6) is 0.0368. The van der Waals surface area contributed by atoms with Crippen LogP contribution in [0, 0.1) is 0 Å². The van der Waals surface area contributed by atoms with E-state index in [9.17, 15) is 4.79 Å². The van der Waals surface area contributed by atoms with Gasteiger partial charge < -0.3 is 15.2 Å². The van der Waals surface area contributed by atoms with Crippen molar-refractivity contribution in [3.63, 3.8) is 0 Å². The summed E-state index contributed by atoms with van der Waals surface area (Å²) in [4.78, 5) is 12.9. The molecule has 1 saturated carbocycles. The number of para-hydroxylation sites is 1. The zero-order valence-corrected chi connectivity index (χ0v) is 16.6. The van der Waals surface area contributed by atoms with E-state index in [4.69, 9.17) is 0 Å². The van der Waals surface area contributed by atoms with Crippen LogP contribution in [-0.4, -0.2) is 16.5 Å². The van der Waals surface area contributed by atoms with Crippen molar-refractivity contribution in [2.75, 3.05) is 5.32 Å². The predicted molar refractivity (Wildman–Crippen MR) is 119 cm³/mol. The zero-order chi connectivity index (χ0) is 19.8. The number of hydrogen-bond donors (Lipinski definition) is 2. The molecule has 1 atom stereocenters. The number of aryl methyl sites for hydroxylation is 1. The molecular formula is C25H25N3O. The second-order valence-electron chi connectivity index (χ2n) is 7.76. The van der Waals surface area contributed by atoms with Crippen molar-refractivity contribution in [2.24, 2.45) is 0 Å². The molecule has 0 bridgehead atoms. The summed E-state index contributed by atoms with van der Waals surface area (Å²) in [6.07, 6.45) is 2.16. The molecule has 4 aromatic rings. The average Bonchev–Trinajstić information content (AvgIpc) is 3.52. The molecule has 4 nitrogen and oxygen atoms in total. The standard InChI is InChI=1S/C25H25N3O/c1-2-28-22-11-7-6-10-20(22)21-16-19(14-15-23(21)28)26-24(17-8-4-3-5-9-17)25(29)27-18-12-13-18/h3-11,14-16,18,24,26H,2,12-13H2,1H3,(H,27,29)/t24-/m0/s1. The van der Waals surface area contributed by atoms with E-state index in [2.05, 4.69) is 64.6 Å². The molecule has 0 aliphatic heterocycles. The Hall–Kier alpha value is -3.27. The maximum absolute atomic E-state index is 12.9. The third kappa shape index (κ3) is 3.35. The van der Waals surface area contributed by atoms with Crippen LogP contribution in [0.5, 0.6) is 0 Å². The van der Waals surface area contributed by atoms with E-state index >= 15 is 0 Å². The van der Waals surface area contributed by atoms with Crippen molar-refractivity contribution < 1.29 is 4.79 Å². The van der Waals surface area contributed by atoms with Gasteiger partial charge in [-0.05, 0) is 49.6 Å². The SMILES string of the molecule is CCn1c2ccccc2c2cc(N[C@H](C(=O)NC3CC3)c3ccccc3)ccc21. The van der Waals surface area contributed by atoms with Crippen LogP contribution in [0.25, 0.3) is 21.8 Å². The van der Waals surface area contributed by atoms with Crippen LogP contribution in [0.2, 0.25) is 0 Å². The zero-order valence-electron chi connectivity index (χ0n) is 16.6. The molecule has 1 amide bonds. The average molecular weight is 383 g/mol. The summed E-state index contributed by atoms with van der Waals surface area (Å²) >= 11 is 0. The number of amides is 1. The molecule has 0 unspecified atom stereocenters. The van der Waals surface area contributed by atoms with Gasteiger partial charge in [0.25, 0.3) is 0 Å². The Kier molecular flexibility index (Phi) is 4.47. The van der Waals surface area contributed by atoms with E-state index < -0.39 is 6.04 Å². The Morgan fingerprint density at radius 1 is 0.966 bits per heavy atom. The van der Waals surface area contributed by atoms with Crippen LogP contribution < -0.4 is 10.6 Å². The van der Waals surface area contributed by atoms with Gasteiger partial charge in [-0.1, -0.05) is 48.5 Å². The second-order valence-corrected chi connectivity index (χ2v) is 7.76. The smallest absolute Gasteiger partial charge is 0.247 e. The van der Waals surface area contributed by atoms with E-state index in [0.717, 1.165) is 30.6 Å². The molecule has 5 rings (SSSR count). The van der Waals surface area contributed by atoms with E-state index in [1.165, 1.54) is 21.8 Å². The van der Waals surface area contributed by atoms with Crippen LogP contribution >= 0.6 is 0 Å². The summed E-state index contributed by atoms with van der Waals surface area (Å²) in [6.45, 7) is 3.10. The lowest BCUT2D eigenvalue weighted by Gasteiger charge is -2.20. The molecule has 0 radical (unpaired) electrons. The number of nitrogens with zero attached hydrogens (tertiary/aromatic N) is 1. The first-order valence-corrected chi connectivity index (χ1v) is 10.4. The third-order valence-electron chi connectivity index (χ3n) is 5.72. The molecule has 1 aliphatic carbocycles. The van der Waals surface area contributed by atoms with Gasteiger partial charge in [0, 0.05) is 40.1 Å². The van der Waals surface area contributed by atoms with Gasteiger partial charge in [-0.3, -0.25) is 4.79 Å². The van der Waals surface area contributed by atoms with Gasteiger partial charge >= 0.3 is 0 Å². The fraction of sp³-hybridized carbons (Fsp3) is 0.240. The number of aromatic nitrogens is 1. The Labute approximate surface area is 170 Å². The Morgan fingerprint density at radius 2 is 1.69 bits per heavy atom. The Bertz CT molecular complexity index is 1170. The summed E-state index contributed by atoms with van der Waals surface area (Å²) in [7, 11) is 0. The van der Waals surface area contributed by atoms with E-state index in [1.807, 2.05) is 30.3 Å². The fourth-order valence-corrected chi connectivity index (χ4v) is 4.11. The first-order valence-electron chi connectivity index (χ1n) is 10.4. The van der Waals surface area contributed by atoms with Gasteiger partial charge in [0.15, 0.2) is 0 Å². The summed E-state index contributed by atoms with van der Waals surface area (Å²) in [5, 5.41) is 9.09. The van der Waals surface area contributed by atoms with Gasteiger partial charge in [0.2, 0.25) is 5.91 Å². The molecule has 0 spiro atoms. The van der Waals surface area contributed by atoms with Gasteiger partial charge in [0.05, 0.1) is 0 Å². The minimum atomic E-state index is -0.409. The molecule has 1 aromatic heterocycles. The van der Waals surface area contributed by atoms with Crippen molar-refractivity contribution in [1.82, 2.24) is 9.88 Å². The molecule has 0 saturated heterocycles. The molecule has 3 aromatic carbocycles. The van der Waals surface area contributed by atoms with Gasteiger partial charge in [-0.25, -0.2) is 0 Å². The number of carbonyl (C=O) groups is 1. The highest BCUT2D eigenvalue weighted by Gasteiger charge is 2.28. The monoisotopic (exact) mass is 383 g/mol. The predicted octanol–water partition coefficient (Wildman–Crippen LogP) is 5.25. The molecule has 1 fully saturated rings. The van der Waals surface area contributed by atoms with Crippen LogP contribution in [0.15, 0.2) is 72.8 Å². The molecule has 1 aliphatic rings. The van der Waals surface area contributed by atoms with Gasteiger partial charge in [-0.15, -0.1) is 0 Å². The molecular weight excluding hydrogens is 358 g/mol. The third-order valence-corrected chi connectivity index (χ3v) is 5.72. The highest BCUT2D eigenvalue weighted by molar-refractivity contribution is 6.09. The number of anilines is 1. The van der Waals surface area contributed by atoms with Crippen LogP contribution in [-0.2, 0) is 11.3 Å².